The SMILES string of the molecule is Cc1ccc(C(N)CN(CC(C)C)C2CC2)cc1. The maximum atomic E-state index is 6.35. The summed E-state index contributed by atoms with van der Waals surface area (Å²) < 4.78 is 0. The average molecular weight is 246 g/mol. The summed E-state index contributed by atoms with van der Waals surface area (Å²) in [5.74, 6) is 0.718. The van der Waals surface area contributed by atoms with Crippen molar-refractivity contribution in [3.8, 4) is 0 Å². The van der Waals surface area contributed by atoms with Crippen molar-refractivity contribution < 1.29 is 0 Å². The first-order valence-corrected chi connectivity index (χ1v) is 7.12. The van der Waals surface area contributed by atoms with Crippen molar-refractivity contribution in [3.63, 3.8) is 0 Å². The largest absolute Gasteiger partial charge is 0.323 e. The van der Waals surface area contributed by atoms with Crippen LogP contribution in [0.1, 0.15) is 43.9 Å². The van der Waals surface area contributed by atoms with Crippen LogP contribution in [0.3, 0.4) is 0 Å². The number of benzene rings is 1. The third-order valence-electron chi connectivity index (χ3n) is 3.60. The maximum absolute atomic E-state index is 6.35. The van der Waals surface area contributed by atoms with Gasteiger partial charge in [-0.15, -0.1) is 0 Å². The molecule has 1 atom stereocenters. The van der Waals surface area contributed by atoms with Crippen LogP contribution < -0.4 is 5.73 Å². The highest BCUT2D eigenvalue weighted by Gasteiger charge is 2.30. The van der Waals surface area contributed by atoms with Gasteiger partial charge in [0, 0.05) is 25.2 Å². The minimum absolute atomic E-state index is 0.143. The predicted octanol–water partition coefficient (Wildman–Crippen LogP) is 3.12. The summed E-state index contributed by atoms with van der Waals surface area (Å²) in [5.41, 5.74) is 8.90. The number of hydrogen-bond acceptors (Lipinski definition) is 2. The molecule has 0 spiro atoms. The Labute approximate surface area is 111 Å². The molecule has 1 aliphatic rings. The van der Waals surface area contributed by atoms with Gasteiger partial charge in [0.25, 0.3) is 0 Å². The van der Waals surface area contributed by atoms with Crippen molar-refractivity contribution in [2.75, 3.05) is 13.1 Å². The molecule has 0 amide bonds. The normalized spacial score (nSPS) is 17.4. The number of aryl methyl sites for hydroxylation is 1. The Bertz CT molecular complexity index is 365. The van der Waals surface area contributed by atoms with Gasteiger partial charge in [0.15, 0.2) is 0 Å². The van der Waals surface area contributed by atoms with Crippen molar-refractivity contribution in [1.29, 1.82) is 0 Å². The molecule has 0 heterocycles. The first-order valence-electron chi connectivity index (χ1n) is 7.12. The fourth-order valence-corrected chi connectivity index (χ4v) is 2.45. The van der Waals surface area contributed by atoms with Crippen LogP contribution >= 0.6 is 0 Å². The van der Waals surface area contributed by atoms with Gasteiger partial charge >= 0.3 is 0 Å². The molecule has 1 aromatic carbocycles. The summed E-state index contributed by atoms with van der Waals surface area (Å²) in [6, 6.07) is 9.58. The third-order valence-corrected chi connectivity index (χ3v) is 3.60. The van der Waals surface area contributed by atoms with E-state index in [1.807, 2.05) is 0 Å². The van der Waals surface area contributed by atoms with E-state index in [2.05, 4.69) is 49.9 Å². The summed E-state index contributed by atoms with van der Waals surface area (Å²) in [5, 5.41) is 0. The van der Waals surface area contributed by atoms with Gasteiger partial charge in [-0.3, -0.25) is 4.90 Å². The van der Waals surface area contributed by atoms with E-state index in [1.54, 1.807) is 0 Å². The van der Waals surface area contributed by atoms with Gasteiger partial charge < -0.3 is 5.73 Å². The molecule has 1 fully saturated rings. The van der Waals surface area contributed by atoms with Gasteiger partial charge in [0.2, 0.25) is 0 Å². The zero-order chi connectivity index (χ0) is 13.1. The number of hydrogen-bond donors (Lipinski definition) is 1. The lowest BCUT2D eigenvalue weighted by atomic mass is 10.0. The molecule has 100 valence electrons. The van der Waals surface area contributed by atoms with Crippen LogP contribution in [0, 0.1) is 12.8 Å². The lowest BCUT2D eigenvalue weighted by Gasteiger charge is -2.27. The monoisotopic (exact) mass is 246 g/mol. The molecule has 0 aromatic heterocycles. The van der Waals surface area contributed by atoms with Gasteiger partial charge in [0.1, 0.15) is 0 Å². The molecule has 0 bridgehead atoms. The zero-order valence-corrected chi connectivity index (χ0v) is 11.9. The molecule has 18 heavy (non-hydrogen) atoms. The second-order valence-corrected chi connectivity index (χ2v) is 6.10. The summed E-state index contributed by atoms with van der Waals surface area (Å²) in [7, 11) is 0. The highest BCUT2D eigenvalue weighted by atomic mass is 15.2. The molecule has 2 nitrogen and oxygen atoms in total. The Morgan fingerprint density at radius 1 is 1.17 bits per heavy atom. The summed E-state index contributed by atoms with van der Waals surface area (Å²) in [6.45, 7) is 8.85. The van der Waals surface area contributed by atoms with E-state index in [0.29, 0.717) is 0 Å². The molecule has 2 N–H and O–H groups in total. The van der Waals surface area contributed by atoms with Gasteiger partial charge in [-0.2, -0.15) is 0 Å². The highest BCUT2D eigenvalue weighted by molar-refractivity contribution is 5.24. The second kappa shape index (κ2) is 5.85. The number of nitrogens with two attached hydrogens (primary N) is 1. The Morgan fingerprint density at radius 3 is 2.28 bits per heavy atom. The molecule has 0 radical (unpaired) electrons. The van der Waals surface area contributed by atoms with Crippen molar-refractivity contribution >= 4 is 0 Å². The summed E-state index contributed by atoms with van der Waals surface area (Å²) in [4.78, 5) is 2.58. The van der Waals surface area contributed by atoms with E-state index in [9.17, 15) is 0 Å². The van der Waals surface area contributed by atoms with E-state index < -0.39 is 0 Å². The fraction of sp³-hybridized carbons (Fsp3) is 0.625. The molecule has 1 aromatic rings. The Morgan fingerprint density at radius 2 is 1.78 bits per heavy atom. The average Bonchev–Trinajstić information content (AvgIpc) is 3.12. The fourth-order valence-electron chi connectivity index (χ4n) is 2.45. The minimum Gasteiger partial charge on any atom is -0.323 e. The molecular formula is C16H26N2. The van der Waals surface area contributed by atoms with E-state index in [-0.39, 0.29) is 6.04 Å². The van der Waals surface area contributed by atoms with Crippen LogP contribution in [-0.2, 0) is 0 Å². The summed E-state index contributed by atoms with van der Waals surface area (Å²) in [6.07, 6.45) is 2.71. The molecule has 0 aliphatic heterocycles. The van der Waals surface area contributed by atoms with Crippen LogP contribution in [0.15, 0.2) is 24.3 Å². The lowest BCUT2D eigenvalue weighted by Crippen LogP contribution is -2.36. The predicted molar refractivity (Wildman–Crippen MR) is 77.5 cm³/mol. The molecular weight excluding hydrogens is 220 g/mol. The van der Waals surface area contributed by atoms with E-state index in [4.69, 9.17) is 5.73 Å². The van der Waals surface area contributed by atoms with Crippen molar-refractivity contribution in [3.05, 3.63) is 35.4 Å². The standard InChI is InChI=1S/C16H26N2/c1-12(2)10-18(15-8-9-15)11-16(17)14-6-4-13(3)5-7-14/h4-7,12,15-16H,8-11,17H2,1-3H3. The number of rotatable bonds is 6. The van der Waals surface area contributed by atoms with E-state index in [1.165, 1.54) is 30.5 Å². The van der Waals surface area contributed by atoms with Gasteiger partial charge in [-0.25, -0.2) is 0 Å². The van der Waals surface area contributed by atoms with E-state index >= 15 is 0 Å². The second-order valence-electron chi connectivity index (χ2n) is 6.10. The Kier molecular flexibility index (Phi) is 4.41. The van der Waals surface area contributed by atoms with Crippen LogP contribution in [0.4, 0.5) is 0 Å². The zero-order valence-electron chi connectivity index (χ0n) is 11.9. The van der Waals surface area contributed by atoms with Gasteiger partial charge in [0.05, 0.1) is 0 Å². The molecule has 2 rings (SSSR count). The third kappa shape index (κ3) is 3.82. The van der Waals surface area contributed by atoms with Gasteiger partial charge in [-0.05, 0) is 31.2 Å². The van der Waals surface area contributed by atoms with Crippen molar-refractivity contribution in [2.45, 2.75) is 45.7 Å². The van der Waals surface area contributed by atoms with Gasteiger partial charge in [-0.1, -0.05) is 43.7 Å². The van der Waals surface area contributed by atoms with Crippen molar-refractivity contribution in [1.82, 2.24) is 4.90 Å². The maximum Gasteiger partial charge on any atom is 0.0424 e. The van der Waals surface area contributed by atoms with E-state index in [0.717, 1.165) is 18.5 Å². The molecule has 2 heteroatoms. The first kappa shape index (κ1) is 13.6. The van der Waals surface area contributed by atoms with Crippen LogP contribution in [-0.4, -0.2) is 24.0 Å². The highest BCUT2D eigenvalue weighted by Crippen LogP contribution is 2.29. The molecule has 1 aliphatic carbocycles. The minimum atomic E-state index is 0.143. The van der Waals surface area contributed by atoms with Crippen LogP contribution in [0.2, 0.25) is 0 Å². The smallest absolute Gasteiger partial charge is 0.0424 e. The molecule has 1 saturated carbocycles. The Balaban J connectivity index is 1.95. The lowest BCUT2D eigenvalue weighted by molar-refractivity contribution is 0.221. The molecule has 1 unspecified atom stereocenters. The van der Waals surface area contributed by atoms with Crippen LogP contribution in [0.5, 0.6) is 0 Å². The molecule has 0 saturated heterocycles. The topological polar surface area (TPSA) is 29.3 Å². The Hall–Kier alpha value is -0.860. The summed E-state index contributed by atoms with van der Waals surface area (Å²) >= 11 is 0. The van der Waals surface area contributed by atoms with Crippen LogP contribution in [0.25, 0.3) is 0 Å². The van der Waals surface area contributed by atoms with Crippen molar-refractivity contribution in [2.24, 2.45) is 11.7 Å². The first-order chi connectivity index (χ1) is 8.56. The quantitative estimate of drug-likeness (QED) is 0.835. The number of nitrogens with zero attached hydrogens (tertiary/aromatic N) is 1.